The summed E-state index contributed by atoms with van der Waals surface area (Å²) in [5, 5.41) is 0. The third-order valence-electron chi connectivity index (χ3n) is 2.97. The monoisotopic (exact) mass is 225 g/mol. The van der Waals surface area contributed by atoms with E-state index in [1.54, 1.807) is 0 Å². The maximum atomic E-state index is 5.45. The molecule has 2 N–H and O–H groups in total. The summed E-state index contributed by atoms with van der Waals surface area (Å²) in [5.41, 5.74) is 5.45. The van der Waals surface area contributed by atoms with Gasteiger partial charge >= 0.3 is 0 Å². The van der Waals surface area contributed by atoms with Crippen LogP contribution in [0, 0.1) is 0 Å². The van der Waals surface area contributed by atoms with Crippen molar-refractivity contribution >= 4 is 0 Å². The number of hydrogen-bond donors (Lipinski definition) is 1. The lowest BCUT2D eigenvalue weighted by molar-refractivity contribution is 0.621. The van der Waals surface area contributed by atoms with E-state index in [2.05, 4.69) is 19.1 Å². The maximum absolute atomic E-state index is 5.45. The van der Waals surface area contributed by atoms with Crippen LogP contribution < -0.4 is 5.73 Å². The van der Waals surface area contributed by atoms with Crippen LogP contribution in [0.25, 0.3) is 0 Å². The fraction of sp³-hybridized carbons (Fsp3) is 0.867. The first-order valence-corrected chi connectivity index (χ1v) is 7.27. The lowest BCUT2D eigenvalue weighted by atomic mass is 10.1. The molecule has 0 aliphatic rings. The Morgan fingerprint density at radius 1 is 0.688 bits per heavy atom. The van der Waals surface area contributed by atoms with Gasteiger partial charge in [-0.1, -0.05) is 57.6 Å². The second-order valence-corrected chi connectivity index (χ2v) is 4.67. The van der Waals surface area contributed by atoms with Crippen molar-refractivity contribution in [1.29, 1.82) is 0 Å². The Kier molecular flexibility index (Phi) is 14.4. The van der Waals surface area contributed by atoms with Crippen molar-refractivity contribution < 1.29 is 0 Å². The fourth-order valence-electron chi connectivity index (χ4n) is 1.86. The van der Waals surface area contributed by atoms with E-state index in [1.807, 2.05) is 0 Å². The average molecular weight is 225 g/mol. The molecule has 0 spiro atoms. The molecule has 0 atom stereocenters. The van der Waals surface area contributed by atoms with E-state index in [1.165, 1.54) is 70.6 Å². The molecule has 0 bridgehead atoms. The molecule has 0 radical (unpaired) electrons. The first-order chi connectivity index (χ1) is 7.91. The zero-order chi connectivity index (χ0) is 11.9. The molecule has 0 heterocycles. The largest absolute Gasteiger partial charge is 0.330 e. The predicted molar refractivity (Wildman–Crippen MR) is 74.7 cm³/mol. The Balaban J connectivity index is 2.98. The van der Waals surface area contributed by atoms with Crippen molar-refractivity contribution in [2.24, 2.45) is 5.73 Å². The molecular weight excluding hydrogens is 194 g/mol. The van der Waals surface area contributed by atoms with Crippen LogP contribution in [0.15, 0.2) is 12.2 Å². The molecule has 96 valence electrons. The normalized spacial score (nSPS) is 11.4. The second-order valence-electron chi connectivity index (χ2n) is 4.67. The minimum atomic E-state index is 0.859. The smallest absolute Gasteiger partial charge is 0.00773 e. The van der Waals surface area contributed by atoms with Gasteiger partial charge in [-0.25, -0.2) is 0 Å². The van der Waals surface area contributed by atoms with E-state index >= 15 is 0 Å². The van der Waals surface area contributed by atoms with Gasteiger partial charge in [-0.2, -0.15) is 0 Å². The number of nitrogens with two attached hydrogens (primary N) is 1. The van der Waals surface area contributed by atoms with Gasteiger partial charge in [0.25, 0.3) is 0 Å². The molecule has 0 saturated heterocycles. The van der Waals surface area contributed by atoms with Crippen LogP contribution in [0.2, 0.25) is 0 Å². The third kappa shape index (κ3) is 13.7. The third-order valence-corrected chi connectivity index (χ3v) is 2.97. The Bertz CT molecular complexity index is 140. The first kappa shape index (κ1) is 15.7. The number of hydrogen-bond acceptors (Lipinski definition) is 1. The molecule has 1 heteroatoms. The molecule has 0 aromatic rings. The van der Waals surface area contributed by atoms with E-state index in [4.69, 9.17) is 5.73 Å². The standard InChI is InChI=1S/C15H31N/c1-2-3-4-5-6-7-8-9-10-11-12-13-14-15-16/h7-8H,2-6,9-16H2,1H3/b8-7-. The molecule has 16 heavy (non-hydrogen) atoms. The lowest BCUT2D eigenvalue weighted by Gasteiger charge is -1.98. The van der Waals surface area contributed by atoms with Gasteiger partial charge < -0.3 is 5.73 Å². The van der Waals surface area contributed by atoms with Gasteiger partial charge in [0.05, 0.1) is 0 Å². The van der Waals surface area contributed by atoms with E-state index < -0.39 is 0 Å². The first-order valence-electron chi connectivity index (χ1n) is 7.27. The molecule has 0 aromatic carbocycles. The summed E-state index contributed by atoms with van der Waals surface area (Å²) in [5.74, 6) is 0. The summed E-state index contributed by atoms with van der Waals surface area (Å²) in [6.07, 6.45) is 19.4. The van der Waals surface area contributed by atoms with Crippen LogP contribution in [-0.2, 0) is 0 Å². The van der Waals surface area contributed by atoms with Gasteiger partial charge in [-0.05, 0) is 38.6 Å². The minimum Gasteiger partial charge on any atom is -0.330 e. The summed E-state index contributed by atoms with van der Waals surface area (Å²) in [6.45, 7) is 3.12. The van der Waals surface area contributed by atoms with E-state index in [0.29, 0.717) is 0 Å². The maximum Gasteiger partial charge on any atom is -0.00773 e. The van der Waals surface area contributed by atoms with Gasteiger partial charge in [0, 0.05) is 0 Å². The van der Waals surface area contributed by atoms with Crippen molar-refractivity contribution in [3.8, 4) is 0 Å². The summed E-state index contributed by atoms with van der Waals surface area (Å²) < 4.78 is 0. The Labute approximate surface area is 102 Å². The minimum absolute atomic E-state index is 0.859. The van der Waals surface area contributed by atoms with Crippen LogP contribution in [0.5, 0.6) is 0 Å². The highest BCUT2D eigenvalue weighted by molar-refractivity contribution is 4.81. The van der Waals surface area contributed by atoms with Gasteiger partial charge in [0.15, 0.2) is 0 Å². The Morgan fingerprint density at radius 3 is 1.75 bits per heavy atom. The highest BCUT2D eigenvalue weighted by Gasteiger charge is 1.88. The molecular formula is C15H31N. The molecule has 0 amide bonds. The Morgan fingerprint density at radius 2 is 1.19 bits per heavy atom. The zero-order valence-electron chi connectivity index (χ0n) is 11.2. The van der Waals surface area contributed by atoms with Crippen LogP contribution in [-0.4, -0.2) is 6.54 Å². The van der Waals surface area contributed by atoms with Crippen molar-refractivity contribution in [2.75, 3.05) is 6.54 Å². The number of allylic oxidation sites excluding steroid dienone is 2. The van der Waals surface area contributed by atoms with Gasteiger partial charge in [-0.3, -0.25) is 0 Å². The average Bonchev–Trinajstić information content (AvgIpc) is 2.31. The molecule has 0 aliphatic heterocycles. The van der Waals surface area contributed by atoms with Crippen molar-refractivity contribution in [1.82, 2.24) is 0 Å². The Hall–Kier alpha value is -0.300. The highest BCUT2D eigenvalue weighted by Crippen LogP contribution is 2.07. The highest BCUT2D eigenvalue weighted by atomic mass is 14.5. The molecule has 0 saturated carbocycles. The predicted octanol–water partition coefficient (Wildman–Crippen LogP) is 4.81. The summed E-state index contributed by atoms with van der Waals surface area (Å²) in [4.78, 5) is 0. The molecule has 0 aromatic heterocycles. The SMILES string of the molecule is CCCCCC/C=C\CCCCCCCN. The lowest BCUT2D eigenvalue weighted by Crippen LogP contribution is -1.97. The number of unbranched alkanes of at least 4 members (excludes halogenated alkanes) is 9. The molecule has 0 unspecified atom stereocenters. The number of rotatable bonds is 12. The topological polar surface area (TPSA) is 26.0 Å². The van der Waals surface area contributed by atoms with E-state index in [0.717, 1.165) is 6.54 Å². The van der Waals surface area contributed by atoms with Crippen LogP contribution in [0.1, 0.15) is 77.6 Å². The summed E-state index contributed by atoms with van der Waals surface area (Å²) in [6, 6.07) is 0. The van der Waals surface area contributed by atoms with Crippen molar-refractivity contribution in [3.05, 3.63) is 12.2 Å². The van der Waals surface area contributed by atoms with E-state index in [-0.39, 0.29) is 0 Å². The van der Waals surface area contributed by atoms with Crippen molar-refractivity contribution in [3.63, 3.8) is 0 Å². The zero-order valence-corrected chi connectivity index (χ0v) is 11.2. The van der Waals surface area contributed by atoms with Crippen LogP contribution >= 0.6 is 0 Å². The van der Waals surface area contributed by atoms with Crippen LogP contribution in [0.4, 0.5) is 0 Å². The molecule has 0 rings (SSSR count). The van der Waals surface area contributed by atoms with Gasteiger partial charge in [-0.15, -0.1) is 0 Å². The van der Waals surface area contributed by atoms with Gasteiger partial charge in [0.2, 0.25) is 0 Å². The van der Waals surface area contributed by atoms with Gasteiger partial charge in [0.1, 0.15) is 0 Å². The molecule has 0 aliphatic carbocycles. The summed E-state index contributed by atoms with van der Waals surface area (Å²) >= 11 is 0. The van der Waals surface area contributed by atoms with E-state index in [9.17, 15) is 0 Å². The fourth-order valence-corrected chi connectivity index (χ4v) is 1.86. The van der Waals surface area contributed by atoms with Crippen LogP contribution in [0.3, 0.4) is 0 Å². The second kappa shape index (κ2) is 14.7. The summed E-state index contributed by atoms with van der Waals surface area (Å²) in [7, 11) is 0. The van der Waals surface area contributed by atoms with Crippen molar-refractivity contribution in [2.45, 2.75) is 77.6 Å². The molecule has 0 fully saturated rings. The molecule has 1 nitrogen and oxygen atoms in total. The quantitative estimate of drug-likeness (QED) is 0.374.